The summed E-state index contributed by atoms with van der Waals surface area (Å²) >= 11 is 0. The molecule has 2 atom stereocenters. The van der Waals surface area contributed by atoms with Gasteiger partial charge in [-0.15, -0.1) is 0 Å². The maximum atomic E-state index is 8.93. The Balaban J connectivity index is 4.05. The molecule has 2 unspecified atom stereocenters. The van der Waals surface area contributed by atoms with Crippen LogP contribution in [0.3, 0.4) is 0 Å². The van der Waals surface area contributed by atoms with E-state index >= 15 is 0 Å². The minimum absolute atomic E-state index is 0.0837. The van der Waals surface area contributed by atoms with Crippen molar-refractivity contribution in [1.82, 2.24) is 0 Å². The lowest BCUT2D eigenvalue weighted by atomic mass is 10.1. The summed E-state index contributed by atoms with van der Waals surface area (Å²) in [5.41, 5.74) is 0. The zero-order chi connectivity index (χ0) is 15.1. The van der Waals surface area contributed by atoms with Gasteiger partial charge in [0.05, 0.1) is 12.2 Å². The molecule has 0 bridgehead atoms. The molecule has 0 radical (unpaired) electrons. The first-order valence-electron chi connectivity index (χ1n) is 8.32. The van der Waals surface area contributed by atoms with Gasteiger partial charge in [-0.25, -0.2) is 9.78 Å². The van der Waals surface area contributed by atoms with E-state index in [1.807, 2.05) is 0 Å². The molecule has 4 nitrogen and oxygen atoms in total. The largest absolute Gasteiger partial charge is 0.396 e. The summed E-state index contributed by atoms with van der Waals surface area (Å²) in [6, 6.07) is 0. The summed E-state index contributed by atoms with van der Waals surface area (Å²) in [7, 11) is 0. The second-order valence-electron chi connectivity index (χ2n) is 5.45. The van der Waals surface area contributed by atoms with Gasteiger partial charge in [0.2, 0.25) is 0 Å². The molecule has 0 spiro atoms. The number of hydrogen-bond donors (Lipinski definition) is 2. The summed E-state index contributed by atoms with van der Waals surface area (Å²) in [6.07, 6.45) is 9.86. The normalized spacial score (nSPS) is 14.4. The zero-order valence-electron chi connectivity index (χ0n) is 13.4. The molecule has 0 aliphatic rings. The zero-order valence-corrected chi connectivity index (χ0v) is 13.4. The van der Waals surface area contributed by atoms with Gasteiger partial charge in [0.1, 0.15) is 0 Å². The third kappa shape index (κ3) is 11.6. The fraction of sp³-hybridized carbons (Fsp3) is 1.00. The molecule has 122 valence electrons. The van der Waals surface area contributed by atoms with E-state index in [-0.39, 0.29) is 25.4 Å². The number of unbranched alkanes of at least 4 members (excludes halogenated alkanes) is 2. The van der Waals surface area contributed by atoms with Crippen LogP contribution in [0.1, 0.15) is 78.1 Å². The minimum Gasteiger partial charge on any atom is -0.396 e. The van der Waals surface area contributed by atoms with Crippen LogP contribution in [0.2, 0.25) is 0 Å². The molecule has 4 heteroatoms. The van der Waals surface area contributed by atoms with Crippen molar-refractivity contribution in [3.8, 4) is 0 Å². The first-order valence-corrected chi connectivity index (χ1v) is 8.32. The van der Waals surface area contributed by atoms with Crippen molar-refractivity contribution in [3.05, 3.63) is 0 Å². The van der Waals surface area contributed by atoms with Gasteiger partial charge in [0.15, 0.2) is 0 Å². The Morgan fingerprint density at radius 1 is 0.650 bits per heavy atom. The van der Waals surface area contributed by atoms with Crippen LogP contribution in [-0.4, -0.2) is 35.6 Å². The maximum Gasteiger partial charge on any atom is 0.0931 e. The van der Waals surface area contributed by atoms with Crippen LogP contribution in [0.25, 0.3) is 0 Å². The van der Waals surface area contributed by atoms with Gasteiger partial charge in [-0.05, 0) is 38.5 Å². The Morgan fingerprint density at radius 3 is 1.30 bits per heavy atom. The number of hydrogen-bond acceptors (Lipinski definition) is 4. The van der Waals surface area contributed by atoms with E-state index in [1.54, 1.807) is 0 Å². The Hall–Kier alpha value is -0.160. The van der Waals surface area contributed by atoms with Crippen LogP contribution >= 0.6 is 0 Å². The molecule has 0 rings (SSSR count). The number of aliphatic hydroxyl groups is 2. The molecular formula is C16H34O4. The van der Waals surface area contributed by atoms with Crippen LogP contribution in [0.15, 0.2) is 0 Å². The lowest BCUT2D eigenvalue weighted by molar-refractivity contribution is -0.355. The second kappa shape index (κ2) is 15.2. The highest BCUT2D eigenvalue weighted by Crippen LogP contribution is 2.16. The van der Waals surface area contributed by atoms with Gasteiger partial charge >= 0.3 is 0 Å². The quantitative estimate of drug-likeness (QED) is 0.357. The highest BCUT2D eigenvalue weighted by atomic mass is 17.2. The van der Waals surface area contributed by atoms with Gasteiger partial charge in [-0.1, -0.05) is 39.5 Å². The van der Waals surface area contributed by atoms with E-state index in [1.165, 1.54) is 0 Å². The van der Waals surface area contributed by atoms with Crippen LogP contribution in [-0.2, 0) is 9.78 Å². The SMILES string of the molecule is CCCCC(CCCO)OOC(CCCC)CCCO. The van der Waals surface area contributed by atoms with Gasteiger partial charge in [0, 0.05) is 13.2 Å². The smallest absolute Gasteiger partial charge is 0.0931 e. The molecule has 2 N–H and O–H groups in total. The average molecular weight is 290 g/mol. The molecule has 0 heterocycles. The lowest BCUT2D eigenvalue weighted by Gasteiger charge is -2.21. The van der Waals surface area contributed by atoms with Gasteiger partial charge in [-0.2, -0.15) is 0 Å². The summed E-state index contributed by atoms with van der Waals surface area (Å²) in [4.78, 5) is 11.2. The van der Waals surface area contributed by atoms with Crippen molar-refractivity contribution in [2.45, 2.75) is 90.3 Å². The Kier molecular flexibility index (Phi) is 15.1. The Bertz CT molecular complexity index is 151. The first kappa shape index (κ1) is 19.8. The molecule has 20 heavy (non-hydrogen) atoms. The molecule has 0 fully saturated rings. The first-order chi connectivity index (χ1) is 9.78. The summed E-state index contributed by atoms with van der Waals surface area (Å²) in [6.45, 7) is 4.73. The van der Waals surface area contributed by atoms with Gasteiger partial charge in [-0.3, -0.25) is 0 Å². The molecule has 0 amide bonds. The van der Waals surface area contributed by atoms with Crippen LogP contribution < -0.4 is 0 Å². The predicted octanol–water partition coefficient (Wildman–Crippen LogP) is 3.60. The molecule has 0 aromatic carbocycles. The van der Waals surface area contributed by atoms with E-state index in [0.29, 0.717) is 0 Å². The molecule has 0 aliphatic heterocycles. The Morgan fingerprint density at radius 2 is 1.00 bits per heavy atom. The fourth-order valence-electron chi connectivity index (χ4n) is 2.14. The van der Waals surface area contributed by atoms with Gasteiger partial charge < -0.3 is 10.2 Å². The third-order valence-electron chi connectivity index (χ3n) is 3.46. The predicted molar refractivity (Wildman–Crippen MR) is 81.4 cm³/mol. The molecule has 0 saturated heterocycles. The molecular weight excluding hydrogens is 256 g/mol. The van der Waals surface area contributed by atoms with E-state index in [0.717, 1.165) is 64.2 Å². The van der Waals surface area contributed by atoms with E-state index in [2.05, 4.69) is 13.8 Å². The highest BCUT2D eigenvalue weighted by molar-refractivity contribution is 4.59. The topological polar surface area (TPSA) is 58.9 Å². The Labute approximate surface area is 124 Å². The summed E-state index contributed by atoms with van der Waals surface area (Å²) in [5, 5.41) is 17.9. The van der Waals surface area contributed by atoms with Gasteiger partial charge in [0.25, 0.3) is 0 Å². The lowest BCUT2D eigenvalue weighted by Crippen LogP contribution is -2.21. The molecule has 0 saturated carbocycles. The van der Waals surface area contributed by atoms with E-state index in [9.17, 15) is 0 Å². The van der Waals surface area contributed by atoms with Crippen molar-refractivity contribution in [3.63, 3.8) is 0 Å². The molecule has 0 aromatic rings. The van der Waals surface area contributed by atoms with Crippen LogP contribution in [0.5, 0.6) is 0 Å². The highest BCUT2D eigenvalue weighted by Gasteiger charge is 2.15. The molecule has 0 aromatic heterocycles. The van der Waals surface area contributed by atoms with Crippen molar-refractivity contribution in [2.75, 3.05) is 13.2 Å². The van der Waals surface area contributed by atoms with Crippen LogP contribution in [0, 0.1) is 0 Å². The monoisotopic (exact) mass is 290 g/mol. The van der Waals surface area contributed by atoms with Crippen LogP contribution in [0.4, 0.5) is 0 Å². The standard InChI is InChI=1S/C16H34O4/c1-3-5-9-15(11-7-13-17)19-20-16(10-6-4-2)12-8-14-18/h15-18H,3-14H2,1-2H3. The average Bonchev–Trinajstić information content (AvgIpc) is 2.48. The number of aliphatic hydroxyl groups excluding tert-OH is 2. The van der Waals surface area contributed by atoms with Crippen molar-refractivity contribution in [2.24, 2.45) is 0 Å². The fourth-order valence-corrected chi connectivity index (χ4v) is 2.14. The summed E-state index contributed by atoms with van der Waals surface area (Å²) in [5.74, 6) is 0. The second-order valence-corrected chi connectivity index (χ2v) is 5.45. The summed E-state index contributed by atoms with van der Waals surface area (Å²) < 4.78 is 0. The third-order valence-corrected chi connectivity index (χ3v) is 3.46. The molecule has 0 aliphatic carbocycles. The van der Waals surface area contributed by atoms with E-state index in [4.69, 9.17) is 20.0 Å². The van der Waals surface area contributed by atoms with Crippen molar-refractivity contribution in [1.29, 1.82) is 0 Å². The van der Waals surface area contributed by atoms with Crippen molar-refractivity contribution >= 4 is 0 Å². The minimum atomic E-state index is 0.0837. The maximum absolute atomic E-state index is 8.93. The number of rotatable bonds is 15. The van der Waals surface area contributed by atoms with E-state index < -0.39 is 0 Å². The van der Waals surface area contributed by atoms with Crippen molar-refractivity contribution < 1.29 is 20.0 Å².